The summed E-state index contributed by atoms with van der Waals surface area (Å²) in [7, 11) is 0. The Morgan fingerprint density at radius 1 is 1.03 bits per heavy atom. The van der Waals surface area contributed by atoms with Crippen LogP contribution in [0.1, 0.15) is 55.8 Å². The Morgan fingerprint density at radius 2 is 1.77 bits per heavy atom. The van der Waals surface area contributed by atoms with E-state index in [-0.39, 0.29) is 24.7 Å². The number of hydrogen-bond acceptors (Lipinski definition) is 3. The highest BCUT2D eigenvalue weighted by Gasteiger charge is 2.61. The van der Waals surface area contributed by atoms with Gasteiger partial charge in [0, 0.05) is 12.5 Å². The summed E-state index contributed by atoms with van der Waals surface area (Å²) in [6, 6.07) is 16.3. The molecular weight excluding hydrogens is 400 g/mol. The van der Waals surface area contributed by atoms with E-state index >= 15 is 0 Å². The van der Waals surface area contributed by atoms with Gasteiger partial charge in [-0.05, 0) is 67.9 Å². The lowest BCUT2D eigenvalue weighted by molar-refractivity contribution is -0.125. The fraction of sp³-hybridized carbons (Fsp3) is 0.480. The van der Waals surface area contributed by atoms with E-state index in [9.17, 15) is 13.6 Å². The van der Waals surface area contributed by atoms with Gasteiger partial charge in [0.25, 0.3) is 5.92 Å². The molecule has 2 saturated carbocycles. The van der Waals surface area contributed by atoms with Crippen molar-refractivity contribution in [1.82, 2.24) is 5.32 Å². The Hall–Kier alpha value is -2.63. The first kappa shape index (κ1) is 20.3. The molecule has 2 aromatic carbocycles. The largest absolute Gasteiger partial charge is 0.490 e. The van der Waals surface area contributed by atoms with Crippen LogP contribution in [0.3, 0.4) is 0 Å². The van der Waals surface area contributed by atoms with Gasteiger partial charge in [0.1, 0.15) is 23.5 Å². The second-order valence-electron chi connectivity index (χ2n) is 8.94. The zero-order valence-electron chi connectivity index (χ0n) is 17.4. The van der Waals surface area contributed by atoms with Crippen molar-refractivity contribution in [3.05, 3.63) is 59.7 Å². The Bertz CT molecular complexity index is 941. The van der Waals surface area contributed by atoms with Gasteiger partial charge in [0.15, 0.2) is 0 Å². The minimum Gasteiger partial charge on any atom is -0.490 e. The Labute approximate surface area is 180 Å². The maximum atomic E-state index is 13.0. The SMILES string of the molecule is O=C(NC1CCC(Oc2ccc3c(c2)CCC(c2ccccc2)O3)CC1)C1CC1(F)F. The monoisotopic (exact) mass is 427 g/mol. The molecule has 164 valence electrons. The topological polar surface area (TPSA) is 47.6 Å². The van der Waals surface area contributed by atoms with E-state index < -0.39 is 17.7 Å². The molecule has 0 radical (unpaired) electrons. The third-order valence-corrected chi connectivity index (χ3v) is 6.61. The fourth-order valence-corrected chi connectivity index (χ4v) is 4.66. The molecule has 6 heteroatoms. The standard InChI is InChI=1S/C25H27F2NO3/c26-25(27)15-21(25)24(29)28-18-7-9-19(10-8-18)30-20-11-13-23-17(14-20)6-12-22(31-23)16-4-2-1-3-5-16/h1-5,11,13-14,18-19,21-22H,6-10,12,15H2,(H,28,29). The molecule has 0 spiro atoms. The quantitative estimate of drug-likeness (QED) is 0.712. The first-order valence-electron chi connectivity index (χ1n) is 11.2. The maximum Gasteiger partial charge on any atom is 0.260 e. The predicted octanol–water partition coefficient (Wildman–Crippen LogP) is 5.21. The number of halogens is 2. The first-order chi connectivity index (χ1) is 15.0. The van der Waals surface area contributed by atoms with Gasteiger partial charge in [-0.2, -0.15) is 0 Å². The van der Waals surface area contributed by atoms with E-state index in [0.717, 1.165) is 55.6 Å². The molecule has 2 fully saturated rings. The minimum atomic E-state index is -2.80. The molecule has 3 aliphatic rings. The number of rotatable bonds is 5. The smallest absolute Gasteiger partial charge is 0.260 e. The van der Waals surface area contributed by atoms with Crippen LogP contribution < -0.4 is 14.8 Å². The van der Waals surface area contributed by atoms with Crippen molar-refractivity contribution in [2.75, 3.05) is 0 Å². The van der Waals surface area contributed by atoms with Crippen LogP contribution in [0.15, 0.2) is 48.5 Å². The molecule has 1 amide bonds. The summed E-state index contributed by atoms with van der Waals surface area (Å²) in [5.41, 5.74) is 2.36. The second-order valence-corrected chi connectivity index (χ2v) is 8.94. The van der Waals surface area contributed by atoms with Crippen LogP contribution in [0.25, 0.3) is 0 Å². The highest BCUT2D eigenvalue weighted by atomic mass is 19.3. The zero-order valence-corrected chi connectivity index (χ0v) is 17.4. The lowest BCUT2D eigenvalue weighted by Crippen LogP contribution is -2.41. The molecule has 1 N–H and O–H groups in total. The third-order valence-electron chi connectivity index (χ3n) is 6.61. The molecule has 0 saturated heterocycles. The molecule has 0 bridgehead atoms. The number of ether oxygens (including phenoxy) is 2. The van der Waals surface area contributed by atoms with Gasteiger partial charge in [-0.15, -0.1) is 0 Å². The van der Waals surface area contributed by atoms with Gasteiger partial charge in [0.2, 0.25) is 5.91 Å². The second kappa shape index (κ2) is 8.13. The maximum absolute atomic E-state index is 13.0. The number of nitrogens with one attached hydrogen (secondary N) is 1. The Balaban J connectivity index is 1.12. The van der Waals surface area contributed by atoms with E-state index in [1.165, 1.54) is 5.56 Å². The highest BCUT2D eigenvalue weighted by molar-refractivity contribution is 5.83. The molecule has 1 aliphatic heterocycles. The van der Waals surface area contributed by atoms with Crippen LogP contribution in [0.5, 0.6) is 11.5 Å². The van der Waals surface area contributed by atoms with Crippen molar-refractivity contribution in [3.8, 4) is 11.5 Å². The van der Waals surface area contributed by atoms with Crippen molar-refractivity contribution in [2.24, 2.45) is 5.92 Å². The highest BCUT2D eigenvalue weighted by Crippen LogP contribution is 2.48. The lowest BCUT2D eigenvalue weighted by Gasteiger charge is -2.30. The van der Waals surface area contributed by atoms with Crippen molar-refractivity contribution < 1.29 is 23.0 Å². The van der Waals surface area contributed by atoms with Crippen molar-refractivity contribution >= 4 is 5.91 Å². The van der Waals surface area contributed by atoms with Crippen LogP contribution in [0, 0.1) is 5.92 Å². The van der Waals surface area contributed by atoms with E-state index in [1.807, 2.05) is 30.3 Å². The van der Waals surface area contributed by atoms with E-state index in [2.05, 4.69) is 23.5 Å². The molecule has 31 heavy (non-hydrogen) atoms. The molecule has 2 aliphatic carbocycles. The van der Waals surface area contributed by atoms with E-state index in [0.29, 0.717) is 0 Å². The van der Waals surface area contributed by atoms with Crippen LogP contribution in [0.4, 0.5) is 8.78 Å². The van der Waals surface area contributed by atoms with Gasteiger partial charge < -0.3 is 14.8 Å². The average Bonchev–Trinajstić information content (AvgIpc) is 3.44. The van der Waals surface area contributed by atoms with Gasteiger partial charge in [-0.3, -0.25) is 4.79 Å². The Morgan fingerprint density at radius 3 is 2.48 bits per heavy atom. The minimum absolute atomic E-state index is 0.0318. The normalized spacial score (nSPS) is 28.7. The molecule has 5 rings (SSSR count). The number of benzene rings is 2. The van der Waals surface area contributed by atoms with Crippen molar-refractivity contribution in [3.63, 3.8) is 0 Å². The number of alkyl halides is 2. The molecule has 2 atom stereocenters. The van der Waals surface area contributed by atoms with Crippen molar-refractivity contribution in [2.45, 2.75) is 69.1 Å². The van der Waals surface area contributed by atoms with Gasteiger partial charge in [-0.25, -0.2) is 8.78 Å². The van der Waals surface area contributed by atoms with Gasteiger partial charge >= 0.3 is 0 Å². The third kappa shape index (κ3) is 4.53. The number of fused-ring (bicyclic) bond motifs is 1. The number of amides is 1. The summed E-state index contributed by atoms with van der Waals surface area (Å²) in [5, 5.41) is 2.79. The summed E-state index contributed by atoms with van der Waals surface area (Å²) >= 11 is 0. The van der Waals surface area contributed by atoms with Crippen molar-refractivity contribution in [1.29, 1.82) is 0 Å². The van der Waals surface area contributed by atoms with E-state index in [1.54, 1.807) is 0 Å². The van der Waals surface area contributed by atoms with Gasteiger partial charge in [0.05, 0.1) is 6.10 Å². The summed E-state index contributed by atoms with van der Waals surface area (Å²) in [5.74, 6) is -2.68. The van der Waals surface area contributed by atoms with Gasteiger partial charge in [-0.1, -0.05) is 30.3 Å². The lowest BCUT2D eigenvalue weighted by atomic mass is 9.92. The summed E-state index contributed by atoms with van der Waals surface area (Å²) < 4.78 is 38.5. The zero-order chi connectivity index (χ0) is 21.4. The Kier molecular flexibility index (Phi) is 5.32. The molecule has 4 nitrogen and oxygen atoms in total. The van der Waals surface area contributed by atoms with Crippen LogP contribution in [-0.4, -0.2) is 24.0 Å². The van der Waals surface area contributed by atoms with Crippen LogP contribution in [-0.2, 0) is 11.2 Å². The summed E-state index contributed by atoms with van der Waals surface area (Å²) in [6.07, 6.45) is 4.83. The molecular formula is C25H27F2NO3. The fourth-order valence-electron chi connectivity index (χ4n) is 4.66. The number of hydrogen-bond donors (Lipinski definition) is 1. The average molecular weight is 427 g/mol. The summed E-state index contributed by atoms with van der Waals surface area (Å²) in [4.78, 5) is 11.9. The van der Waals surface area contributed by atoms with Crippen LogP contribution >= 0.6 is 0 Å². The van der Waals surface area contributed by atoms with E-state index in [4.69, 9.17) is 9.47 Å². The number of carbonyl (C=O) groups is 1. The molecule has 2 aromatic rings. The molecule has 1 heterocycles. The number of carbonyl (C=O) groups excluding carboxylic acids is 1. The summed E-state index contributed by atoms with van der Waals surface area (Å²) in [6.45, 7) is 0. The van der Waals surface area contributed by atoms with Crippen LogP contribution in [0.2, 0.25) is 0 Å². The first-order valence-corrected chi connectivity index (χ1v) is 11.2. The molecule has 2 unspecified atom stereocenters. The number of aryl methyl sites for hydroxylation is 1. The predicted molar refractivity (Wildman–Crippen MR) is 112 cm³/mol. The molecule has 0 aromatic heterocycles.